The third kappa shape index (κ3) is 1.68. The van der Waals surface area contributed by atoms with Gasteiger partial charge in [0.2, 0.25) is 5.78 Å². The van der Waals surface area contributed by atoms with E-state index in [-0.39, 0.29) is 5.56 Å². The Balaban J connectivity index is 2.55. The third-order valence-electron chi connectivity index (χ3n) is 2.41. The Hall–Kier alpha value is -1.78. The quantitative estimate of drug-likeness (QED) is 0.734. The van der Waals surface area contributed by atoms with Gasteiger partial charge in [0.15, 0.2) is 0 Å². The lowest BCUT2D eigenvalue weighted by atomic mass is 10.1. The molecule has 16 heavy (non-hydrogen) atoms. The standard InChI is InChI=1S/C11H10F2N2O/c1-11(12,13)10(16)7-3-4-8-6-14-15(2)9(8)5-7/h3-6H,1-2H3. The highest BCUT2D eigenvalue weighted by Gasteiger charge is 2.33. The van der Waals surface area contributed by atoms with Crippen LogP contribution in [0, 0.1) is 0 Å². The number of aryl methyl sites for hydroxylation is 1. The number of alkyl halides is 2. The van der Waals surface area contributed by atoms with Crippen LogP contribution in [0.2, 0.25) is 0 Å². The molecule has 2 rings (SSSR count). The molecule has 0 saturated heterocycles. The molecule has 0 aliphatic heterocycles. The molecule has 0 spiro atoms. The molecule has 0 unspecified atom stereocenters. The summed E-state index contributed by atoms with van der Waals surface area (Å²) in [7, 11) is 1.70. The minimum absolute atomic E-state index is 0.00333. The average molecular weight is 224 g/mol. The maximum Gasteiger partial charge on any atom is 0.307 e. The predicted octanol–water partition coefficient (Wildman–Crippen LogP) is 2.41. The summed E-state index contributed by atoms with van der Waals surface area (Å²) in [6.45, 7) is 0.600. The number of benzene rings is 1. The van der Waals surface area contributed by atoms with E-state index in [4.69, 9.17) is 0 Å². The minimum Gasteiger partial charge on any atom is -0.287 e. The number of fused-ring (bicyclic) bond motifs is 1. The van der Waals surface area contributed by atoms with Crippen molar-refractivity contribution >= 4 is 16.7 Å². The first-order valence-electron chi connectivity index (χ1n) is 4.74. The monoisotopic (exact) mass is 224 g/mol. The zero-order chi connectivity index (χ0) is 11.9. The lowest BCUT2D eigenvalue weighted by Crippen LogP contribution is -2.24. The van der Waals surface area contributed by atoms with E-state index in [0.29, 0.717) is 12.4 Å². The molecule has 0 bridgehead atoms. The van der Waals surface area contributed by atoms with Crippen molar-refractivity contribution in [2.45, 2.75) is 12.8 Å². The van der Waals surface area contributed by atoms with Crippen LogP contribution in [-0.2, 0) is 7.05 Å². The maximum absolute atomic E-state index is 12.9. The van der Waals surface area contributed by atoms with Crippen LogP contribution in [0.15, 0.2) is 24.4 Å². The van der Waals surface area contributed by atoms with Crippen LogP contribution in [0.4, 0.5) is 8.78 Å². The van der Waals surface area contributed by atoms with Crippen LogP contribution < -0.4 is 0 Å². The summed E-state index contributed by atoms with van der Waals surface area (Å²) >= 11 is 0. The molecule has 0 atom stereocenters. The van der Waals surface area contributed by atoms with Gasteiger partial charge in [-0.15, -0.1) is 0 Å². The van der Waals surface area contributed by atoms with Crippen molar-refractivity contribution in [1.82, 2.24) is 9.78 Å². The van der Waals surface area contributed by atoms with Crippen molar-refractivity contribution in [2.75, 3.05) is 0 Å². The van der Waals surface area contributed by atoms with Crippen LogP contribution in [0.1, 0.15) is 17.3 Å². The van der Waals surface area contributed by atoms with E-state index in [9.17, 15) is 13.6 Å². The number of aromatic nitrogens is 2. The highest BCUT2D eigenvalue weighted by Crippen LogP contribution is 2.22. The average Bonchev–Trinajstić information content (AvgIpc) is 2.58. The highest BCUT2D eigenvalue weighted by molar-refractivity contribution is 6.03. The first-order valence-corrected chi connectivity index (χ1v) is 4.74. The van der Waals surface area contributed by atoms with Crippen molar-refractivity contribution in [3.05, 3.63) is 30.0 Å². The molecule has 0 N–H and O–H groups in total. The van der Waals surface area contributed by atoms with Crippen molar-refractivity contribution in [1.29, 1.82) is 0 Å². The Labute approximate surface area is 90.7 Å². The van der Waals surface area contributed by atoms with Gasteiger partial charge in [0, 0.05) is 24.9 Å². The zero-order valence-electron chi connectivity index (χ0n) is 8.87. The van der Waals surface area contributed by atoms with Gasteiger partial charge < -0.3 is 0 Å². The second kappa shape index (κ2) is 3.37. The molecule has 0 saturated carbocycles. The number of carbonyl (C=O) groups excluding carboxylic acids is 1. The Morgan fingerprint density at radius 1 is 1.44 bits per heavy atom. The van der Waals surface area contributed by atoms with E-state index in [0.717, 1.165) is 5.39 Å². The number of Topliss-reactive ketones (excluding diaryl/α,β-unsaturated/α-hetero) is 1. The van der Waals surface area contributed by atoms with E-state index in [1.807, 2.05) is 0 Å². The molecule has 0 aliphatic carbocycles. The Kier molecular flexibility index (Phi) is 2.26. The second-order valence-corrected chi connectivity index (χ2v) is 3.76. The van der Waals surface area contributed by atoms with Crippen molar-refractivity contribution in [3.8, 4) is 0 Å². The molecule has 1 aromatic heterocycles. The van der Waals surface area contributed by atoms with Gasteiger partial charge in [0.05, 0.1) is 11.7 Å². The Morgan fingerprint density at radius 3 is 2.75 bits per heavy atom. The van der Waals surface area contributed by atoms with E-state index < -0.39 is 11.7 Å². The van der Waals surface area contributed by atoms with Crippen LogP contribution in [0.25, 0.3) is 10.9 Å². The normalized spacial score (nSPS) is 12.0. The van der Waals surface area contributed by atoms with Crippen molar-refractivity contribution in [2.24, 2.45) is 7.05 Å². The fourth-order valence-electron chi connectivity index (χ4n) is 1.54. The molecule has 2 aromatic rings. The summed E-state index contributed by atoms with van der Waals surface area (Å²) in [4.78, 5) is 11.4. The number of hydrogen-bond donors (Lipinski definition) is 0. The molecule has 1 aromatic carbocycles. The lowest BCUT2D eigenvalue weighted by molar-refractivity contribution is 0.0222. The van der Waals surface area contributed by atoms with Gasteiger partial charge in [-0.1, -0.05) is 12.1 Å². The highest BCUT2D eigenvalue weighted by atomic mass is 19.3. The number of carbonyl (C=O) groups is 1. The molecule has 3 nitrogen and oxygen atoms in total. The second-order valence-electron chi connectivity index (χ2n) is 3.76. The predicted molar refractivity (Wildman–Crippen MR) is 55.7 cm³/mol. The van der Waals surface area contributed by atoms with Gasteiger partial charge in [-0.2, -0.15) is 13.9 Å². The van der Waals surface area contributed by atoms with Crippen LogP contribution in [0.5, 0.6) is 0 Å². The molecule has 0 amide bonds. The van der Waals surface area contributed by atoms with Crippen molar-refractivity contribution in [3.63, 3.8) is 0 Å². The van der Waals surface area contributed by atoms with E-state index in [1.165, 1.54) is 12.1 Å². The number of halogens is 2. The van der Waals surface area contributed by atoms with Crippen LogP contribution >= 0.6 is 0 Å². The Morgan fingerprint density at radius 2 is 2.12 bits per heavy atom. The summed E-state index contributed by atoms with van der Waals surface area (Å²) in [6.07, 6.45) is 1.62. The minimum atomic E-state index is -3.34. The van der Waals surface area contributed by atoms with Crippen LogP contribution in [0.3, 0.4) is 0 Å². The fraction of sp³-hybridized carbons (Fsp3) is 0.273. The van der Waals surface area contributed by atoms with E-state index in [2.05, 4.69) is 5.10 Å². The number of hydrogen-bond acceptors (Lipinski definition) is 2. The van der Waals surface area contributed by atoms with Crippen LogP contribution in [-0.4, -0.2) is 21.5 Å². The van der Waals surface area contributed by atoms with Gasteiger partial charge in [-0.05, 0) is 6.07 Å². The van der Waals surface area contributed by atoms with Gasteiger partial charge >= 0.3 is 5.92 Å². The third-order valence-corrected chi connectivity index (χ3v) is 2.41. The molecular formula is C11H10F2N2O. The topological polar surface area (TPSA) is 34.9 Å². The zero-order valence-corrected chi connectivity index (χ0v) is 8.87. The SMILES string of the molecule is Cn1ncc2ccc(C(=O)C(C)(F)F)cc21. The molecule has 0 fully saturated rings. The first kappa shape index (κ1) is 10.7. The molecule has 0 aliphatic rings. The number of ketones is 1. The maximum atomic E-state index is 12.9. The molecule has 1 heterocycles. The summed E-state index contributed by atoms with van der Waals surface area (Å²) in [5.74, 6) is -4.51. The van der Waals surface area contributed by atoms with Gasteiger partial charge in [0.1, 0.15) is 0 Å². The summed E-state index contributed by atoms with van der Waals surface area (Å²) in [5.41, 5.74) is 0.665. The summed E-state index contributed by atoms with van der Waals surface area (Å²) in [6, 6.07) is 4.44. The summed E-state index contributed by atoms with van der Waals surface area (Å²) < 4.78 is 27.3. The largest absolute Gasteiger partial charge is 0.307 e. The van der Waals surface area contributed by atoms with E-state index in [1.54, 1.807) is 24.0 Å². The van der Waals surface area contributed by atoms with Gasteiger partial charge in [0.25, 0.3) is 0 Å². The van der Waals surface area contributed by atoms with E-state index >= 15 is 0 Å². The summed E-state index contributed by atoms with van der Waals surface area (Å²) in [5, 5.41) is 4.79. The molecule has 0 radical (unpaired) electrons. The Bertz CT molecular complexity index is 555. The fourth-order valence-corrected chi connectivity index (χ4v) is 1.54. The number of rotatable bonds is 2. The van der Waals surface area contributed by atoms with Gasteiger partial charge in [-0.3, -0.25) is 9.48 Å². The number of nitrogens with zero attached hydrogens (tertiary/aromatic N) is 2. The molecule has 5 heteroatoms. The smallest absolute Gasteiger partial charge is 0.287 e. The molecule has 84 valence electrons. The first-order chi connectivity index (χ1) is 7.39. The lowest BCUT2D eigenvalue weighted by Gasteiger charge is -2.08. The molecular weight excluding hydrogens is 214 g/mol. The van der Waals surface area contributed by atoms with Crippen molar-refractivity contribution < 1.29 is 13.6 Å². The van der Waals surface area contributed by atoms with Gasteiger partial charge in [-0.25, -0.2) is 0 Å².